The smallest absolute Gasteiger partial charge is 0.180 e. The first kappa shape index (κ1) is 34.4. The maximum absolute atomic E-state index is 12.6. The van der Waals surface area contributed by atoms with Crippen LogP contribution in [-0.4, -0.2) is 59.6 Å². The van der Waals surface area contributed by atoms with Gasteiger partial charge < -0.3 is 5.32 Å². The van der Waals surface area contributed by atoms with Crippen LogP contribution in [0, 0.1) is 0 Å². The number of sulfone groups is 2. The predicted molar refractivity (Wildman–Crippen MR) is 173 cm³/mol. The van der Waals surface area contributed by atoms with E-state index in [1.165, 1.54) is 39.9 Å². The van der Waals surface area contributed by atoms with Crippen LogP contribution >= 0.6 is 21.6 Å². The topological polar surface area (TPSA) is 117 Å². The van der Waals surface area contributed by atoms with E-state index in [4.69, 9.17) is 0 Å². The highest BCUT2D eigenvalue weighted by Gasteiger charge is 2.24. The second-order valence-electron chi connectivity index (χ2n) is 7.66. The first-order chi connectivity index (χ1) is 18.4. The number of dihydropyridines is 1. The summed E-state index contributed by atoms with van der Waals surface area (Å²) < 4.78 is 49.8. The highest BCUT2D eigenvalue weighted by atomic mass is 33.1. The maximum Gasteiger partial charge on any atom is 0.180 e. The first-order valence-corrected chi connectivity index (χ1v) is 17.4. The fourth-order valence-electron chi connectivity index (χ4n) is 2.88. The van der Waals surface area contributed by atoms with Gasteiger partial charge in [-0.2, -0.15) is 0 Å². The summed E-state index contributed by atoms with van der Waals surface area (Å²) in [6.07, 6.45) is 13.2. The van der Waals surface area contributed by atoms with Crippen LogP contribution in [0.15, 0.2) is 108 Å². The molecular formula is C27H36N4O4S4. The van der Waals surface area contributed by atoms with Crippen LogP contribution in [0.1, 0.15) is 27.7 Å². The van der Waals surface area contributed by atoms with Crippen LogP contribution in [0.25, 0.3) is 0 Å². The fourth-order valence-corrected chi connectivity index (χ4v) is 6.82. The Balaban J connectivity index is 3.05. The number of aliphatic imine (C=N–C) groups is 3. The lowest BCUT2D eigenvalue weighted by molar-refractivity contribution is 0.603. The molecule has 0 amide bonds. The summed E-state index contributed by atoms with van der Waals surface area (Å²) in [5, 5.41) is 3.25. The first-order valence-electron chi connectivity index (χ1n) is 11.9. The summed E-state index contributed by atoms with van der Waals surface area (Å²) >= 11 is 0. The Kier molecular flexibility index (Phi) is 14.5. The molecule has 0 saturated carbocycles. The van der Waals surface area contributed by atoms with Crippen molar-refractivity contribution in [1.29, 1.82) is 0 Å². The van der Waals surface area contributed by atoms with Crippen LogP contribution in [0.3, 0.4) is 0 Å². The highest BCUT2D eigenvalue weighted by molar-refractivity contribution is 8.79. The Bertz CT molecular complexity index is 1420. The average Bonchev–Trinajstić information content (AvgIpc) is 2.93. The summed E-state index contributed by atoms with van der Waals surface area (Å²) in [4.78, 5) is 14.6. The van der Waals surface area contributed by atoms with Gasteiger partial charge in [-0.05, 0) is 32.1 Å². The summed E-state index contributed by atoms with van der Waals surface area (Å²) in [5.41, 5.74) is 1.25. The van der Waals surface area contributed by atoms with Crippen molar-refractivity contribution < 1.29 is 16.8 Å². The number of allylic oxidation sites excluding steroid dienone is 9. The third kappa shape index (κ3) is 10.1. The molecule has 0 radical (unpaired) electrons. The molecule has 0 spiro atoms. The number of nitrogens with zero attached hydrogens (tertiary/aromatic N) is 3. The van der Waals surface area contributed by atoms with E-state index in [2.05, 4.69) is 40.0 Å². The van der Waals surface area contributed by atoms with Crippen LogP contribution in [0.2, 0.25) is 0 Å². The minimum atomic E-state index is -3.56. The lowest BCUT2D eigenvalue weighted by Crippen LogP contribution is -2.28. The lowest BCUT2D eigenvalue weighted by Gasteiger charge is -2.19. The molecular weight excluding hydrogens is 573 g/mol. The zero-order valence-electron chi connectivity index (χ0n) is 23.0. The van der Waals surface area contributed by atoms with Crippen LogP contribution < -0.4 is 5.32 Å². The fraction of sp³-hybridized carbons (Fsp3) is 0.296. The van der Waals surface area contributed by atoms with Crippen LogP contribution in [0.4, 0.5) is 0 Å². The predicted octanol–water partition coefficient (Wildman–Crippen LogP) is 5.73. The Hall–Kier alpha value is -2.67. The van der Waals surface area contributed by atoms with Crippen LogP contribution in [0.5, 0.6) is 0 Å². The molecule has 0 fully saturated rings. The van der Waals surface area contributed by atoms with Crippen molar-refractivity contribution in [1.82, 2.24) is 5.32 Å². The van der Waals surface area contributed by atoms with Gasteiger partial charge in [0.05, 0.1) is 38.4 Å². The van der Waals surface area contributed by atoms with Gasteiger partial charge in [-0.25, -0.2) is 16.8 Å². The van der Waals surface area contributed by atoms with E-state index in [1.807, 2.05) is 19.1 Å². The number of rotatable bonds is 15. The van der Waals surface area contributed by atoms with E-state index < -0.39 is 19.7 Å². The zero-order chi connectivity index (χ0) is 29.6. The molecule has 0 aromatic carbocycles. The van der Waals surface area contributed by atoms with Gasteiger partial charge in [-0.1, -0.05) is 73.4 Å². The van der Waals surface area contributed by atoms with Gasteiger partial charge in [-0.3, -0.25) is 15.0 Å². The molecule has 0 aromatic rings. The Morgan fingerprint density at radius 1 is 1.10 bits per heavy atom. The molecule has 1 aliphatic heterocycles. The van der Waals surface area contributed by atoms with Gasteiger partial charge in [0.2, 0.25) is 0 Å². The van der Waals surface area contributed by atoms with Crippen molar-refractivity contribution in [2.45, 2.75) is 27.7 Å². The largest absolute Gasteiger partial charge is 0.379 e. The van der Waals surface area contributed by atoms with E-state index in [0.29, 0.717) is 18.0 Å². The summed E-state index contributed by atoms with van der Waals surface area (Å²) in [5.74, 6) is -0.146. The number of hydrogen-bond donors (Lipinski definition) is 1. The molecule has 0 atom stereocenters. The Morgan fingerprint density at radius 2 is 1.77 bits per heavy atom. The molecule has 0 unspecified atom stereocenters. The molecule has 39 heavy (non-hydrogen) atoms. The van der Waals surface area contributed by atoms with E-state index in [0.717, 1.165) is 9.81 Å². The van der Waals surface area contributed by atoms with Crippen molar-refractivity contribution in [2.75, 3.05) is 25.1 Å². The highest BCUT2D eigenvalue weighted by Crippen LogP contribution is 2.36. The molecule has 1 aliphatic rings. The summed E-state index contributed by atoms with van der Waals surface area (Å²) in [6, 6.07) is 0. The maximum atomic E-state index is 12.6. The van der Waals surface area contributed by atoms with Gasteiger partial charge in [0, 0.05) is 35.8 Å². The molecule has 12 heteroatoms. The van der Waals surface area contributed by atoms with E-state index in [-0.39, 0.29) is 32.7 Å². The van der Waals surface area contributed by atoms with E-state index in [9.17, 15) is 16.8 Å². The molecule has 212 valence electrons. The minimum Gasteiger partial charge on any atom is -0.379 e. The Labute approximate surface area is 241 Å². The summed E-state index contributed by atoms with van der Waals surface area (Å²) in [6.45, 7) is 18.5. The molecule has 0 saturated heterocycles. The van der Waals surface area contributed by atoms with Crippen molar-refractivity contribution in [3.8, 4) is 0 Å². The van der Waals surface area contributed by atoms with E-state index >= 15 is 0 Å². The average molecular weight is 609 g/mol. The SMILES string of the molecule is C=C/C=C(\C(=NC)C1=CC=C(SS/C(C=NC(=C)C(=N/C=C\C)C(=C)S(=O)(=O)CC)=C/C)CN1)S(=O)(=O)CC. The molecule has 0 aliphatic carbocycles. The number of nitrogens with one attached hydrogen (secondary N) is 1. The lowest BCUT2D eigenvalue weighted by atomic mass is 10.2. The third-order valence-electron chi connectivity index (χ3n) is 5.11. The second-order valence-corrected chi connectivity index (χ2v) is 14.5. The molecule has 0 aromatic heterocycles. The van der Waals surface area contributed by atoms with Gasteiger partial charge in [-0.15, -0.1) is 0 Å². The third-order valence-corrected chi connectivity index (χ3v) is 11.2. The van der Waals surface area contributed by atoms with Gasteiger partial charge >= 0.3 is 0 Å². The molecule has 1 heterocycles. The van der Waals surface area contributed by atoms with Crippen molar-refractivity contribution in [2.24, 2.45) is 15.0 Å². The normalized spacial score (nSPS) is 16.2. The van der Waals surface area contributed by atoms with Crippen molar-refractivity contribution >= 4 is 58.9 Å². The monoisotopic (exact) mass is 608 g/mol. The van der Waals surface area contributed by atoms with Gasteiger partial charge in [0.25, 0.3) is 0 Å². The summed E-state index contributed by atoms with van der Waals surface area (Å²) in [7, 11) is -2.54. The second kappa shape index (κ2) is 16.4. The van der Waals surface area contributed by atoms with E-state index in [1.54, 1.807) is 46.2 Å². The molecule has 0 bridgehead atoms. The zero-order valence-corrected chi connectivity index (χ0v) is 26.2. The molecule has 1 N–H and O–H groups in total. The van der Waals surface area contributed by atoms with Gasteiger partial charge in [0.1, 0.15) is 5.71 Å². The molecule has 8 nitrogen and oxygen atoms in total. The van der Waals surface area contributed by atoms with Crippen molar-refractivity contribution in [3.63, 3.8) is 0 Å². The molecule has 1 rings (SSSR count). The standard InChI is InChI=1S/C27H36N4O4S4/c1-9-14-25(39(34,35)13-5)27(28-8)24-16-15-23(19-31-24)37-36-22(11-3)18-30-20(6)26(29-17-10-2)21(7)38(32,33)12-4/h9-11,14-18,31H,1,6-7,12-13,19H2,2-5,8H3/b17-10-,22-11+,25-14+,28-27?,29-26?,30-18?. The number of hydrogen-bond acceptors (Lipinski definition) is 10. The van der Waals surface area contributed by atoms with Crippen molar-refractivity contribution in [3.05, 3.63) is 93.4 Å². The Morgan fingerprint density at radius 3 is 2.26 bits per heavy atom. The van der Waals surface area contributed by atoms with Gasteiger partial charge in [0.15, 0.2) is 19.7 Å². The quantitative estimate of drug-likeness (QED) is 0.143. The van der Waals surface area contributed by atoms with Crippen LogP contribution in [-0.2, 0) is 19.7 Å². The minimum absolute atomic E-state index is 0.0438.